The predicted molar refractivity (Wildman–Crippen MR) is 146 cm³/mol. The van der Waals surface area contributed by atoms with E-state index in [1.165, 1.54) is 18.4 Å². The van der Waals surface area contributed by atoms with Gasteiger partial charge in [-0.15, -0.1) is 0 Å². The molecule has 0 aromatic heterocycles. The van der Waals surface area contributed by atoms with Crippen LogP contribution in [0.5, 0.6) is 0 Å². The standard InChI is InChI=1S/C32H38N4O2/c33-19-25-8-10-26(11-9-25)20-35-17-14-32(31(35)38)12-15-34(16-13-32)21-28-22-36(30(37)18-24-6-7-24)23-29(28)27-4-2-1-3-5-27/h1-5,8-11,24,28-29H,6-7,12-18,20-23H2/t28-,29?/m0/s1. The van der Waals surface area contributed by atoms with Crippen LogP contribution in [0.25, 0.3) is 0 Å². The largest absolute Gasteiger partial charge is 0.342 e. The maximum Gasteiger partial charge on any atom is 0.229 e. The van der Waals surface area contributed by atoms with E-state index in [1.807, 2.05) is 29.2 Å². The fraction of sp³-hybridized carbons (Fsp3) is 0.531. The molecule has 0 radical (unpaired) electrons. The number of carbonyl (C=O) groups excluding carboxylic acids is 2. The molecule has 1 spiro atoms. The number of piperidine rings is 1. The van der Waals surface area contributed by atoms with E-state index in [4.69, 9.17) is 5.26 Å². The molecule has 2 atom stereocenters. The van der Waals surface area contributed by atoms with Crippen LogP contribution >= 0.6 is 0 Å². The SMILES string of the molecule is N#Cc1ccc(CN2CCC3(CCN(C[C@H]4CN(C(=O)CC5CC5)CC4c4ccccc4)CC3)C2=O)cc1. The molecule has 2 aromatic carbocycles. The second kappa shape index (κ2) is 10.5. The predicted octanol–water partition coefficient (Wildman–Crippen LogP) is 4.42. The Bertz CT molecular complexity index is 1190. The summed E-state index contributed by atoms with van der Waals surface area (Å²) in [5, 5.41) is 9.04. The van der Waals surface area contributed by atoms with Crippen molar-refractivity contribution in [2.45, 2.75) is 51.0 Å². The highest BCUT2D eigenvalue weighted by atomic mass is 16.2. The average molecular weight is 511 g/mol. The number of hydrogen-bond donors (Lipinski definition) is 0. The van der Waals surface area contributed by atoms with E-state index in [0.717, 1.165) is 70.5 Å². The third-order valence-electron chi connectivity index (χ3n) is 9.55. The summed E-state index contributed by atoms with van der Waals surface area (Å²) in [6, 6.07) is 20.5. The van der Waals surface area contributed by atoms with Crippen LogP contribution in [-0.2, 0) is 16.1 Å². The fourth-order valence-electron chi connectivity index (χ4n) is 6.94. The van der Waals surface area contributed by atoms with E-state index in [0.29, 0.717) is 41.7 Å². The van der Waals surface area contributed by atoms with Gasteiger partial charge in [0.25, 0.3) is 0 Å². The lowest BCUT2D eigenvalue weighted by molar-refractivity contribution is -0.139. The van der Waals surface area contributed by atoms with Crippen molar-refractivity contribution in [1.29, 1.82) is 5.26 Å². The van der Waals surface area contributed by atoms with E-state index >= 15 is 0 Å². The van der Waals surface area contributed by atoms with Crippen LogP contribution in [-0.4, -0.2) is 65.8 Å². The quantitative estimate of drug-likeness (QED) is 0.553. The summed E-state index contributed by atoms with van der Waals surface area (Å²) in [4.78, 5) is 33.2. The van der Waals surface area contributed by atoms with Crippen LogP contribution < -0.4 is 0 Å². The molecule has 1 saturated carbocycles. The lowest BCUT2D eigenvalue weighted by Gasteiger charge is -2.39. The number of hydrogen-bond acceptors (Lipinski definition) is 4. The van der Waals surface area contributed by atoms with Crippen molar-refractivity contribution in [3.05, 3.63) is 71.3 Å². The summed E-state index contributed by atoms with van der Waals surface area (Å²) in [5.41, 5.74) is 2.86. The van der Waals surface area contributed by atoms with Gasteiger partial charge in [0.2, 0.25) is 11.8 Å². The molecule has 3 heterocycles. The number of likely N-dealkylation sites (tertiary alicyclic amines) is 3. The molecule has 1 unspecified atom stereocenters. The van der Waals surface area contributed by atoms with E-state index in [9.17, 15) is 9.59 Å². The summed E-state index contributed by atoms with van der Waals surface area (Å²) in [6.07, 6.45) is 5.93. The molecule has 4 fully saturated rings. The lowest BCUT2D eigenvalue weighted by atomic mass is 9.76. The Hall–Kier alpha value is -3.17. The smallest absolute Gasteiger partial charge is 0.229 e. The number of nitriles is 1. The Kier molecular flexibility index (Phi) is 6.97. The van der Waals surface area contributed by atoms with Crippen molar-refractivity contribution in [1.82, 2.24) is 14.7 Å². The van der Waals surface area contributed by atoms with Gasteiger partial charge in [0.1, 0.15) is 0 Å². The van der Waals surface area contributed by atoms with Crippen LogP contribution in [0.1, 0.15) is 61.1 Å². The van der Waals surface area contributed by atoms with Crippen molar-refractivity contribution in [2.24, 2.45) is 17.3 Å². The molecule has 0 bridgehead atoms. The fourth-order valence-corrected chi connectivity index (χ4v) is 6.94. The molecule has 6 heteroatoms. The minimum Gasteiger partial charge on any atom is -0.342 e. The summed E-state index contributed by atoms with van der Waals surface area (Å²) in [5.74, 6) is 2.08. The molecule has 38 heavy (non-hydrogen) atoms. The van der Waals surface area contributed by atoms with E-state index in [-0.39, 0.29) is 5.41 Å². The number of benzene rings is 2. The summed E-state index contributed by atoms with van der Waals surface area (Å²) >= 11 is 0. The third-order valence-corrected chi connectivity index (χ3v) is 9.55. The van der Waals surface area contributed by atoms with Crippen LogP contribution in [0.4, 0.5) is 0 Å². The van der Waals surface area contributed by atoms with Gasteiger partial charge < -0.3 is 14.7 Å². The molecule has 0 N–H and O–H groups in total. The van der Waals surface area contributed by atoms with E-state index < -0.39 is 0 Å². The number of amides is 2. The maximum atomic E-state index is 13.5. The first-order chi connectivity index (χ1) is 18.5. The van der Waals surface area contributed by atoms with Gasteiger partial charge >= 0.3 is 0 Å². The van der Waals surface area contributed by atoms with Gasteiger partial charge in [-0.05, 0) is 80.3 Å². The normalized spacial score (nSPS) is 25.2. The van der Waals surface area contributed by atoms with Gasteiger partial charge in [0, 0.05) is 45.1 Å². The van der Waals surface area contributed by atoms with Gasteiger partial charge in [0.05, 0.1) is 17.0 Å². The van der Waals surface area contributed by atoms with Gasteiger partial charge in [-0.3, -0.25) is 9.59 Å². The van der Waals surface area contributed by atoms with Crippen molar-refractivity contribution < 1.29 is 9.59 Å². The van der Waals surface area contributed by atoms with Crippen molar-refractivity contribution in [3.8, 4) is 6.07 Å². The summed E-state index contributed by atoms with van der Waals surface area (Å²) in [7, 11) is 0. The molecule has 6 rings (SSSR count). The molecule has 2 aromatic rings. The van der Waals surface area contributed by atoms with Crippen LogP contribution in [0.15, 0.2) is 54.6 Å². The molecule has 3 aliphatic heterocycles. The van der Waals surface area contributed by atoms with E-state index in [1.54, 1.807) is 0 Å². The molecule has 1 aliphatic carbocycles. The van der Waals surface area contributed by atoms with E-state index in [2.05, 4.69) is 46.2 Å². The topological polar surface area (TPSA) is 67.7 Å². The third kappa shape index (κ3) is 5.22. The molecule has 4 aliphatic rings. The zero-order chi connectivity index (χ0) is 26.1. The van der Waals surface area contributed by atoms with Gasteiger partial charge in [0.15, 0.2) is 0 Å². The van der Waals surface area contributed by atoms with Crippen LogP contribution in [0, 0.1) is 28.6 Å². The Morgan fingerprint density at radius 3 is 2.34 bits per heavy atom. The molecule has 2 amide bonds. The van der Waals surface area contributed by atoms with Gasteiger partial charge in [-0.2, -0.15) is 5.26 Å². The first kappa shape index (κ1) is 25.1. The zero-order valence-corrected chi connectivity index (χ0v) is 22.2. The zero-order valence-electron chi connectivity index (χ0n) is 22.2. The second-order valence-electron chi connectivity index (χ2n) is 12.1. The number of rotatable bonds is 7. The molecule has 3 saturated heterocycles. The lowest BCUT2D eigenvalue weighted by Crippen LogP contribution is -2.46. The van der Waals surface area contributed by atoms with Crippen molar-refractivity contribution in [3.63, 3.8) is 0 Å². The van der Waals surface area contributed by atoms with Gasteiger partial charge in [-0.25, -0.2) is 0 Å². The average Bonchev–Trinajstić information content (AvgIpc) is 3.60. The van der Waals surface area contributed by atoms with Crippen molar-refractivity contribution in [2.75, 3.05) is 39.3 Å². The highest BCUT2D eigenvalue weighted by Crippen LogP contribution is 2.43. The van der Waals surface area contributed by atoms with Crippen LogP contribution in [0.2, 0.25) is 0 Å². The number of carbonyl (C=O) groups is 2. The molecule has 198 valence electrons. The highest BCUT2D eigenvalue weighted by Gasteiger charge is 2.48. The Balaban J connectivity index is 1.07. The second-order valence-corrected chi connectivity index (χ2v) is 12.1. The Morgan fingerprint density at radius 2 is 1.66 bits per heavy atom. The maximum absolute atomic E-state index is 13.5. The Morgan fingerprint density at radius 1 is 0.947 bits per heavy atom. The van der Waals surface area contributed by atoms with Crippen LogP contribution in [0.3, 0.4) is 0 Å². The summed E-state index contributed by atoms with van der Waals surface area (Å²) in [6.45, 7) is 6.02. The Labute approximate surface area is 226 Å². The molecular formula is C32H38N4O2. The minimum atomic E-state index is -0.218. The first-order valence-electron chi connectivity index (χ1n) is 14.4. The minimum absolute atomic E-state index is 0.218. The highest BCUT2D eigenvalue weighted by molar-refractivity contribution is 5.85. The molecule has 6 nitrogen and oxygen atoms in total. The summed E-state index contributed by atoms with van der Waals surface area (Å²) < 4.78 is 0. The molecular weight excluding hydrogens is 472 g/mol. The first-order valence-corrected chi connectivity index (χ1v) is 14.4. The van der Waals surface area contributed by atoms with Gasteiger partial charge in [-0.1, -0.05) is 42.5 Å². The number of nitrogens with zero attached hydrogens (tertiary/aromatic N) is 4. The monoisotopic (exact) mass is 510 g/mol. The van der Waals surface area contributed by atoms with Crippen molar-refractivity contribution >= 4 is 11.8 Å².